The second-order valence-corrected chi connectivity index (χ2v) is 5.16. The highest BCUT2D eigenvalue weighted by Gasteiger charge is 2.33. The molecule has 0 spiro atoms. The molecule has 0 aliphatic carbocycles. The third kappa shape index (κ3) is 2.22. The Morgan fingerprint density at radius 3 is 3.00 bits per heavy atom. The van der Waals surface area contributed by atoms with E-state index in [4.69, 9.17) is 15.2 Å². The average molecular weight is 251 g/mol. The zero-order chi connectivity index (χ0) is 12.5. The van der Waals surface area contributed by atoms with Gasteiger partial charge in [-0.15, -0.1) is 0 Å². The zero-order valence-electron chi connectivity index (χ0n) is 10.3. The maximum Gasteiger partial charge on any atom is 0.124 e. The summed E-state index contributed by atoms with van der Waals surface area (Å²) in [6.07, 6.45) is 3.03. The Balaban J connectivity index is 1.80. The molecule has 2 N–H and O–H groups in total. The number of rotatable bonds is 1. The summed E-state index contributed by atoms with van der Waals surface area (Å²) in [5, 5.41) is 0. The van der Waals surface area contributed by atoms with E-state index < -0.39 is 0 Å². The Morgan fingerprint density at radius 2 is 2.22 bits per heavy atom. The number of hydrogen-bond donors (Lipinski definition) is 1. The number of ether oxygens (including phenoxy) is 2. The number of benzene rings is 1. The van der Waals surface area contributed by atoms with Gasteiger partial charge in [0.2, 0.25) is 0 Å². The maximum atomic E-state index is 13.2. The first-order valence-corrected chi connectivity index (χ1v) is 6.53. The lowest BCUT2D eigenvalue weighted by Gasteiger charge is -2.36. The van der Waals surface area contributed by atoms with Crippen LogP contribution in [0.2, 0.25) is 0 Å². The van der Waals surface area contributed by atoms with E-state index >= 15 is 0 Å². The Labute approximate surface area is 106 Å². The van der Waals surface area contributed by atoms with E-state index in [2.05, 4.69) is 0 Å². The normalized spacial score (nSPS) is 31.6. The molecule has 2 heterocycles. The summed E-state index contributed by atoms with van der Waals surface area (Å²) >= 11 is 0. The standard InChI is InChI=1S/C14H18FNO2/c15-10-3-4-13-11(6-10)12(16)7-14(18-13)9-2-1-5-17-8-9/h3-4,6,9,12,14H,1-2,5,7-8,16H2/t9?,12-,14?/m0/s1. The van der Waals surface area contributed by atoms with E-state index in [1.807, 2.05) is 0 Å². The minimum atomic E-state index is -0.257. The van der Waals surface area contributed by atoms with Crippen LogP contribution in [-0.2, 0) is 4.74 Å². The predicted molar refractivity (Wildman–Crippen MR) is 65.9 cm³/mol. The van der Waals surface area contributed by atoms with Gasteiger partial charge in [0.15, 0.2) is 0 Å². The Morgan fingerprint density at radius 1 is 1.33 bits per heavy atom. The molecule has 0 radical (unpaired) electrons. The first-order chi connectivity index (χ1) is 8.74. The third-order valence-electron chi connectivity index (χ3n) is 3.86. The molecule has 1 aromatic rings. The van der Waals surface area contributed by atoms with Crippen molar-refractivity contribution >= 4 is 0 Å². The van der Waals surface area contributed by atoms with Gasteiger partial charge in [0.25, 0.3) is 0 Å². The van der Waals surface area contributed by atoms with Crippen molar-refractivity contribution in [1.29, 1.82) is 0 Å². The van der Waals surface area contributed by atoms with Gasteiger partial charge in [0, 0.05) is 30.6 Å². The van der Waals surface area contributed by atoms with Gasteiger partial charge in [-0.05, 0) is 31.0 Å². The molecular formula is C14H18FNO2. The van der Waals surface area contributed by atoms with Crippen LogP contribution in [0.15, 0.2) is 18.2 Å². The second kappa shape index (κ2) is 4.86. The molecule has 3 nitrogen and oxygen atoms in total. The SMILES string of the molecule is N[C@H]1CC(C2CCCOC2)Oc2ccc(F)cc21. The quantitative estimate of drug-likeness (QED) is 0.833. The highest BCUT2D eigenvalue weighted by atomic mass is 19.1. The molecule has 1 aromatic carbocycles. The maximum absolute atomic E-state index is 13.2. The first-order valence-electron chi connectivity index (χ1n) is 6.53. The monoisotopic (exact) mass is 251 g/mol. The van der Waals surface area contributed by atoms with Gasteiger partial charge in [-0.3, -0.25) is 0 Å². The van der Waals surface area contributed by atoms with Crippen molar-refractivity contribution in [2.24, 2.45) is 11.7 Å². The Bertz CT molecular complexity index is 432. The van der Waals surface area contributed by atoms with Crippen molar-refractivity contribution in [2.45, 2.75) is 31.4 Å². The molecule has 18 heavy (non-hydrogen) atoms. The molecule has 0 saturated carbocycles. The van der Waals surface area contributed by atoms with Crippen LogP contribution in [0.1, 0.15) is 30.9 Å². The van der Waals surface area contributed by atoms with Crippen molar-refractivity contribution < 1.29 is 13.9 Å². The van der Waals surface area contributed by atoms with Crippen molar-refractivity contribution in [3.8, 4) is 5.75 Å². The molecule has 0 amide bonds. The van der Waals surface area contributed by atoms with E-state index in [1.165, 1.54) is 12.1 Å². The molecule has 98 valence electrons. The first kappa shape index (κ1) is 11.9. The summed E-state index contributed by atoms with van der Waals surface area (Å²) in [5.41, 5.74) is 6.91. The predicted octanol–water partition coefficient (Wildman–Crippen LogP) is 2.40. The lowest BCUT2D eigenvalue weighted by Crippen LogP contribution is -2.39. The molecule has 4 heteroatoms. The fourth-order valence-electron chi connectivity index (χ4n) is 2.85. The molecule has 2 aliphatic rings. The molecule has 1 saturated heterocycles. The Kier molecular flexibility index (Phi) is 3.22. The van der Waals surface area contributed by atoms with E-state index in [1.54, 1.807) is 6.07 Å². The van der Waals surface area contributed by atoms with Crippen LogP contribution in [0.4, 0.5) is 4.39 Å². The summed E-state index contributed by atoms with van der Waals surface area (Å²) in [6, 6.07) is 4.44. The van der Waals surface area contributed by atoms with Crippen molar-refractivity contribution in [1.82, 2.24) is 0 Å². The zero-order valence-corrected chi connectivity index (χ0v) is 10.3. The smallest absolute Gasteiger partial charge is 0.124 e. The largest absolute Gasteiger partial charge is 0.490 e. The van der Waals surface area contributed by atoms with Gasteiger partial charge in [0.05, 0.1) is 6.61 Å². The number of fused-ring (bicyclic) bond motifs is 1. The lowest BCUT2D eigenvalue weighted by molar-refractivity contribution is -0.00929. The minimum absolute atomic E-state index is 0.0956. The molecule has 1 fully saturated rings. The highest BCUT2D eigenvalue weighted by Crippen LogP contribution is 2.37. The van der Waals surface area contributed by atoms with Gasteiger partial charge in [-0.25, -0.2) is 4.39 Å². The minimum Gasteiger partial charge on any atom is -0.490 e. The van der Waals surface area contributed by atoms with Crippen LogP contribution in [-0.4, -0.2) is 19.3 Å². The molecular weight excluding hydrogens is 233 g/mol. The molecule has 3 atom stereocenters. The summed E-state index contributed by atoms with van der Waals surface area (Å²) in [6.45, 7) is 1.59. The van der Waals surface area contributed by atoms with Crippen LogP contribution in [0.25, 0.3) is 0 Å². The van der Waals surface area contributed by atoms with Crippen LogP contribution >= 0.6 is 0 Å². The average Bonchev–Trinajstić information content (AvgIpc) is 2.40. The molecule has 2 aliphatic heterocycles. The van der Waals surface area contributed by atoms with Gasteiger partial charge >= 0.3 is 0 Å². The fraction of sp³-hybridized carbons (Fsp3) is 0.571. The van der Waals surface area contributed by atoms with E-state index in [-0.39, 0.29) is 18.0 Å². The van der Waals surface area contributed by atoms with Crippen molar-refractivity contribution in [3.63, 3.8) is 0 Å². The number of nitrogens with two attached hydrogens (primary N) is 1. The van der Waals surface area contributed by atoms with E-state index in [9.17, 15) is 4.39 Å². The van der Waals surface area contributed by atoms with Gasteiger partial charge in [-0.2, -0.15) is 0 Å². The van der Waals surface area contributed by atoms with Crippen molar-refractivity contribution in [3.05, 3.63) is 29.6 Å². The van der Waals surface area contributed by atoms with Crippen LogP contribution < -0.4 is 10.5 Å². The number of hydrogen-bond acceptors (Lipinski definition) is 3. The summed E-state index contributed by atoms with van der Waals surface area (Å²) < 4.78 is 24.7. The number of halogens is 1. The fourth-order valence-corrected chi connectivity index (χ4v) is 2.85. The molecule has 3 rings (SSSR count). The highest BCUT2D eigenvalue weighted by molar-refractivity contribution is 5.38. The van der Waals surface area contributed by atoms with E-state index in [0.717, 1.165) is 43.8 Å². The van der Waals surface area contributed by atoms with Crippen molar-refractivity contribution in [2.75, 3.05) is 13.2 Å². The third-order valence-corrected chi connectivity index (χ3v) is 3.86. The summed E-state index contributed by atoms with van der Waals surface area (Å²) in [4.78, 5) is 0. The second-order valence-electron chi connectivity index (χ2n) is 5.16. The van der Waals surface area contributed by atoms with Crippen LogP contribution in [0, 0.1) is 11.7 Å². The molecule has 0 bridgehead atoms. The van der Waals surface area contributed by atoms with Gasteiger partial charge in [0.1, 0.15) is 17.7 Å². The van der Waals surface area contributed by atoms with Gasteiger partial charge in [-0.1, -0.05) is 0 Å². The topological polar surface area (TPSA) is 44.5 Å². The van der Waals surface area contributed by atoms with Gasteiger partial charge < -0.3 is 15.2 Å². The molecule has 0 aromatic heterocycles. The molecule has 2 unspecified atom stereocenters. The Hall–Kier alpha value is -1.13. The van der Waals surface area contributed by atoms with Crippen LogP contribution in [0.3, 0.4) is 0 Å². The van der Waals surface area contributed by atoms with E-state index in [0.29, 0.717) is 5.92 Å². The summed E-state index contributed by atoms with van der Waals surface area (Å²) in [5.74, 6) is 0.876. The summed E-state index contributed by atoms with van der Waals surface area (Å²) in [7, 11) is 0. The van der Waals surface area contributed by atoms with Crippen LogP contribution in [0.5, 0.6) is 5.75 Å². The lowest BCUT2D eigenvalue weighted by atomic mass is 9.87.